The van der Waals surface area contributed by atoms with E-state index in [1.165, 1.54) is 57.4 Å². The molecule has 2 aliphatic carbocycles. The summed E-state index contributed by atoms with van der Waals surface area (Å²) in [6.45, 7) is 6.57. The van der Waals surface area contributed by atoms with Gasteiger partial charge in [0, 0.05) is 0 Å². The molecule has 0 radical (unpaired) electrons. The Morgan fingerprint density at radius 1 is 0.828 bits per heavy atom. The minimum Gasteiger partial charge on any atom is -0.491 e. The van der Waals surface area contributed by atoms with Crippen molar-refractivity contribution in [2.24, 2.45) is 23.7 Å². The summed E-state index contributed by atoms with van der Waals surface area (Å²) in [6, 6.07) is 1.53. The second kappa shape index (κ2) is 10.6. The lowest BCUT2D eigenvalue weighted by Gasteiger charge is -2.37. The minimum absolute atomic E-state index is 0.0379. The molecule has 3 rings (SSSR count). The summed E-state index contributed by atoms with van der Waals surface area (Å²) in [6.07, 6.45) is 13.2. The Morgan fingerprint density at radius 2 is 1.41 bits per heavy atom. The van der Waals surface area contributed by atoms with Crippen molar-refractivity contribution in [3.63, 3.8) is 0 Å². The van der Waals surface area contributed by atoms with Gasteiger partial charge in [0.15, 0.2) is 11.5 Å². The van der Waals surface area contributed by atoms with Crippen LogP contribution >= 0.6 is 0 Å². The Hall–Kier alpha value is -1.32. The highest BCUT2D eigenvalue weighted by atomic mass is 19.2. The zero-order chi connectivity index (χ0) is 20.8. The van der Waals surface area contributed by atoms with Gasteiger partial charge in [-0.25, -0.2) is 0 Å². The molecule has 2 fully saturated rings. The molecule has 0 saturated heterocycles. The van der Waals surface area contributed by atoms with Crippen molar-refractivity contribution in [3.8, 4) is 11.5 Å². The highest BCUT2D eigenvalue weighted by Crippen LogP contribution is 2.42. The predicted molar refractivity (Wildman–Crippen MR) is 114 cm³/mol. The molecule has 2 nitrogen and oxygen atoms in total. The average molecular weight is 409 g/mol. The smallest absolute Gasteiger partial charge is 0.204 e. The topological polar surface area (TPSA) is 18.5 Å². The van der Waals surface area contributed by atoms with Crippen LogP contribution in [-0.2, 0) is 0 Å². The van der Waals surface area contributed by atoms with Crippen molar-refractivity contribution in [1.29, 1.82) is 0 Å². The van der Waals surface area contributed by atoms with E-state index in [0.29, 0.717) is 24.7 Å². The van der Waals surface area contributed by atoms with Gasteiger partial charge in [0.25, 0.3) is 0 Å². The number of halogens is 2. The monoisotopic (exact) mass is 408 g/mol. The van der Waals surface area contributed by atoms with E-state index in [1.807, 2.05) is 0 Å². The number of aryl methyl sites for hydroxylation is 1. The molecule has 0 atom stereocenters. The molecular formula is C25H38F2O2. The first kappa shape index (κ1) is 22.4. The molecule has 1 aromatic rings. The molecule has 164 valence electrons. The maximum Gasteiger partial charge on any atom is 0.204 e. The number of rotatable bonds is 8. The molecule has 0 aliphatic heterocycles. The second-order valence-corrected chi connectivity index (χ2v) is 9.24. The van der Waals surface area contributed by atoms with E-state index in [9.17, 15) is 8.78 Å². The van der Waals surface area contributed by atoms with Gasteiger partial charge in [-0.15, -0.1) is 0 Å². The van der Waals surface area contributed by atoms with E-state index in [-0.39, 0.29) is 11.5 Å². The lowest BCUT2D eigenvalue weighted by molar-refractivity contribution is 0.120. The molecule has 2 saturated carbocycles. The Labute approximate surface area is 175 Å². The van der Waals surface area contributed by atoms with Gasteiger partial charge in [0.05, 0.1) is 13.2 Å². The molecule has 0 spiro atoms. The van der Waals surface area contributed by atoms with E-state index in [0.717, 1.165) is 30.6 Å². The third-order valence-electron chi connectivity index (χ3n) is 7.22. The average Bonchev–Trinajstić information content (AvgIpc) is 2.73. The van der Waals surface area contributed by atoms with Crippen LogP contribution in [0.25, 0.3) is 0 Å². The van der Waals surface area contributed by atoms with E-state index in [4.69, 9.17) is 9.47 Å². The third kappa shape index (κ3) is 5.64. The number of hydrogen-bond donors (Lipinski definition) is 0. The highest BCUT2D eigenvalue weighted by molar-refractivity contribution is 5.42. The van der Waals surface area contributed by atoms with Crippen molar-refractivity contribution in [1.82, 2.24) is 0 Å². The van der Waals surface area contributed by atoms with Gasteiger partial charge >= 0.3 is 0 Å². The summed E-state index contributed by atoms with van der Waals surface area (Å²) in [7, 11) is 0. The van der Waals surface area contributed by atoms with Crippen LogP contribution in [0.5, 0.6) is 11.5 Å². The van der Waals surface area contributed by atoms with Crippen LogP contribution in [-0.4, -0.2) is 13.2 Å². The zero-order valence-corrected chi connectivity index (χ0v) is 18.4. The van der Waals surface area contributed by atoms with Crippen molar-refractivity contribution in [2.75, 3.05) is 13.2 Å². The summed E-state index contributed by atoms with van der Waals surface area (Å²) in [4.78, 5) is 0. The van der Waals surface area contributed by atoms with Crippen LogP contribution in [0.4, 0.5) is 8.78 Å². The van der Waals surface area contributed by atoms with Crippen molar-refractivity contribution in [3.05, 3.63) is 23.3 Å². The Kier molecular flexibility index (Phi) is 8.20. The summed E-state index contributed by atoms with van der Waals surface area (Å²) < 4.78 is 39.5. The van der Waals surface area contributed by atoms with Gasteiger partial charge in [0.1, 0.15) is 0 Å². The van der Waals surface area contributed by atoms with E-state index in [1.54, 1.807) is 13.8 Å². The van der Waals surface area contributed by atoms with E-state index < -0.39 is 11.6 Å². The molecular weight excluding hydrogens is 370 g/mol. The van der Waals surface area contributed by atoms with Crippen LogP contribution in [0.1, 0.15) is 83.6 Å². The number of hydrogen-bond acceptors (Lipinski definition) is 2. The van der Waals surface area contributed by atoms with Crippen molar-refractivity contribution >= 4 is 0 Å². The first-order valence-corrected chi connectivity index (χ1v) is 11.8. The summed E-state index contributed by atoms with van der Waals surface area (Å²) in [5.74, 6) is 1.30. The van der Waals surface area contributed by atoms with E-state index in [2.05, 4.69) is 6.92 Å². The maximum absolute atomic E-state index is 14.4. The maximum atomic E-state index is 14.4. The second-order valence-electron chi connectivity index (χ2n) is 9.24. The fourth-order valence-electron chi connectivity index (χ4n) is 5.53. The summed E-state index contributed by atoms with van der Waals surface area (Å²) >= 11 is 0. The molecule has 0 N–H and O–H groups in total. The molecule has 2 aliphatic rings. The summed E-state index contributed by atoms with van der Waals surface area (Å²) in [5.41, 5.74) is 0.588. The van der Waals surface area contributed by atoms with Crippen LogP contribution in [0, 0.1) is 42.2 Å². The van der Waals surface area contributed by atoms with E-state index >= 15 is 0 Å². The Balaban J connectivity index is 1.46. The van der Waals surface area contributed by atoms with Crippen LogP contribution in [0.2, 0.25) is 0 Å². The Morgan fingerprint density at radius 3 is 1.97 bits per heavy atom. The molecule has 0 amide bonds. The number of benzene rings is 1. The van der Waals surface area contributed by atoms with Crippen LogP contribution < -0.4 is 9.47 Å². The lowest BCUT2D eigenvalue weighted by Crippen LogP contribution is -2.27. The van der Waals surface area contributed by atoms with Crippen molar-refractivity contribution in [2.45, 2.75) is 85.0 Å². The minimum atomic E-state index is -0.949. The highest BCUT2D eigenvalue weighted by Gasteiger charge is 2.31. The predicted octanol–water partition coefficient (Wildman–Crippen LogP) is 7.46. The molecule has 4 heteroatoms. The molecule has 0 unspecified atom stereocenters. The molecule has 0 heterocycles. The largest absolute Gasteiger partial charge is 0.491 e. The molecule has 1 aromatic carbocycles. The molecule has 0 bridgehead atoms. The fraction of sp³-hybridized carbons (Fsp3) is 0.760. The first-order chi connectivity index (χ1) is 14.0. The molecule has 29 heavy (non-hydrogen) atoms. The van der Waals surface area contributed by atoms with Gasteiger partial charge in [-0.05, 0) is 87.7 Å². The first-order valence-electron chi connectivity index (χ1n) is 11.8. The molecule has 0 aromatic heterocycles. The van der Waals surface area contributed by atoms with Crippen LogP contribution in [0.15, 0.2) is 6.07 Å². The fourth-order valence-corrected chi connectivity index (χ4v) is 5.53. The Bertz CT molecular complexity index is 645. The van der Waals surface area contributed by atoms with Gasteiger partial charge in [-0.1, -0.05) is 32.6 Å². The van der Waals surface area contributed by atoms with Gasteiger partial charge < -0.3 is 9.47 Å². The number of ether oxygens (including phenoxy) is 2. The van der Waals surface area contributed by atoms with Gasteiger partial charge in [-0.3, -0.25) is 0 Å². The zero-order valence-electron chi connectivity index (χ0n) is 18.4. The van der Waals surface area contributed by atoms with Crippen LogP contribution in [0.3, 0.4) is 0 Å². The quantitative estimate of drug-likeness (QED) is 0.444. The van der Waals surface area contributed by atoms with Gasteiger partial charge in [-0.2, -0.15) is 8.78 Å². The normalized spacial score (nSPS) is 27.6. The standard InChI is InChI=1S/C25H38F2O2/c1-4-6-18-7-11-20(12-8-18)21-13-9-19(10-14-21)16-29-25-17(3)15-22(28-5-2)23(26)24(25)27/h15,18-21H,4-14,16H2,1-3H3. The third-order valence-corrected chi connectivity index (χ3v) is 7.22. The SMILES string of the molecule is CCCC1CCC(C2CCC(COc3c(C)cc(OCC)c(F)c3F)CC2)CC1. The summed E-state index contributed by atoms with van der Waals surface area (Å²) in [5, 5.41) is 0. The van der Waals surface area contributed by atoms with Crippen molar-refractivity contribution < 1.29 is 18.3 Å². The van der Waals surface area contributed by atoms with Gasteiger partial charge in [0.2, 0.25) is 11.6 Å². The lowest BCUT2D eigenvalue weighted by atomic mass is 9.69.